The average molecular weight is 392 g/mol. The molecule has 4 nitrogen and oxygen atoms in total. The van der Waals surface area contributed by atoms with Gasteiger partial charge in [-0.3, -0.25) is 4.79 Å². The number of aryl methyl sites for hydroxylation is 1. The molecule has 3 aromatic rings. The second-order valence-corrected chi connectivity index (χ2v) is 8.33. The Bertz CT molecular complexity index is 925. The van der Waals surface area contributed by atoms with Gasteiger partial charge in [-0.15, -0.1) is 11.3 Å². The van der Waals surface area contributed by atoms with Gasteiger partial charge in [0.1, 0.15) is 0 Å². The van der Waals surface area contributed by atoms with E-state index in [0.29, 0.717) is 13.0 Å². The summed E-state index contributed by atoms with van der Waals surface area (Å²) in [7, 11) is 0. The van der Waals surface area contributed by atoms with Crippen molar-refractivity contribution < 1.29 is 4.79 Å². The highest BCUT2D eigenvalue weighted by Gasteiger charge is 2.12. The number of aromatic nitrogens is 1. The molecular formula is C23H25N3OS. The second-order valence-electron chi connectivity index (χ2n) is 7.26. The van der Waals surface area contributed by atoms with Crippen LogP contribution in [0.1, 0.15) is 29.0 Å². The van der Waals surface area contributed by atoms with Crippen molar-refractivity contribution in [2.45, 2.75) is 32.7 Å². The van der Waals surface area contributed by atoms with E-state index >= 15 is 0 Å². The van der Waals surface area contributed by atoms with Gasteiger partial charge in [0, 0.05) is 36.3 Å². The second kappa shape index (κ2) is 8.57. The van der Waals surface area contributed by atoms with E-state index in [9.17, 15) is 4.79 Å². The van der Waals surface area contributed by atoms with Crippen LogP contribution in [0.2, 0.25) is 0 Å². The zero-order valence-electron chi connectivity index (χ0n) is 16.1. The van der Waals surface area contributed by atoms with Crippen molar-refractivity contribution in [3.63, 3.8) is 0 Å². The number of nitrogens with one attached hydrogen (secondary N) is 1. The summed E-state index contributed by atoms with van der Waals surface area (Å²) < 4.78 is 0. The van der Waals surface area contributed by atoms with Crippen LogP contribution in [0.5, 0.6) is 0 Å². The van der Waals surface area contributed by atoms with E-state index < -0.39 is 0 Å². The van der Waals surface area contributed by atoms with E-state index in [-0.39, 0.29) is 5.91 Å². The van der Waals surface area contributed by atoms with Gasteiger partial charge in [-0.25, -0.2) is 4.98 Å². The molecule has 2 heterocycles. The van der Waals surface area contributed by atoms with E-state index in [1.165, 1.54) is 18.5 Å². The van der Waals surface area contributed by atoms with Gasteiger partial charge in [0.2, 0.25) is 5.91 Å². The van der Waals surface area contributed by atoms with Crippen LogP contribution in [0.15, 0.2) is 53.9 Å². The van der Waals surface area contributed by atoms with Crippen LogP contribution in [0, 0.1) is 6.92 Å². The lowest BCUT2D eigenvalue weighted by Gasteiger charge is -2.17. The Balaban J connectivity index is 1.28. The molecule has 1 aliphatic heterocycles. The minimum atomic E-state index is 0.0425. The standard InChI is InChI=1S/C23H25N3OS/c1-17-25-22(16-28-17)20-8-4-18(5-9-20)14-23(27)24-15-19-6-10-21(11-7-19)26-12-2-3-13-26/h4-11,16H,2-3,12-15H2,1H3,(H,24,27). The van der Waals surface area contributed by atoms with Gasteiger partial charge in [-0.1, -0.05) is 36.4 Å². The molecule has 1 saturated heterocycles. The van der Waals surface area contributed by atoms with Crippen LogP contribution in [0.4, 0.5) is 5.69 Å². The van der Waals surface area contributed by atoms with E-state index in [1.54, 1.807) is 11.3 Å². The van der Waals surface area contributed by atoms with Crippen LogP contribution in [0.25, 0.3) is 11.3 Å². The van der Waals surface area contributed by atoms with Crippen LogP contribution < -0.4 is 10.2 Å². The molecule has 1 aliphatic rings. The number of nitrogens with zero attached hydrogens (tertiary/aromatic N) is 2. The Morgan fingerprint density at radius 1 is 1.04 bits per heavy atom. The van der Waals surface area contributed by atoms with Gasteiger partial charge in [-0.05, 0) is 43.0 Å². The Morgan fingerprint density at radius 3 is 2.36 bits per heavy atom. The molecule has 1 fully saturated rings. The van der Waals surface area contributed by atoms with Crippen molar-refractivity contribution in [2.75, 3.05) is 18.0 Å². The first-order valence-corrected chi connectivity index (χ1v) is 10.7. The number of rotatable bonds is 6. The minimum absolute atomic E-state index is 0.0425. The lowest BCUT2D eigenvalue weighted by Crippen LogP contribution is -2.24. The van der Waals surface area contributed by atoms with Crippen LogP contribution >= 0.6 is 11.3 Å². The lowest BCUT2D eigenvalue weighted by atomic mass is 10.1. The van der Waals surface area contributed by atoms with Gasteiger partial charge >= 0.3 is 0 Å². The number of carbonyl (C=O) groups excluding carboxylic acids is 1. The van der Waals surface area contributed by atoms with Crippen LogP contribution in [-0.4, -0.2) is 24.0 Å². The molecule has 0 unspecified atom stereocenters. The highest BCUT2D eigenvalue weighted by atomic mass is 32.1. The first-order chi connectivity index (χ1) is 13.7. The average Bonchev–Trinajstić information content (AvgIpc) is 3.39. The number of hydrogen-bond acceptors (Lipinski definition) is 4. The minimum Gasteiger partial charge on any atom is -0.372 e. The van der Waals surface area contributed by atoms with Gasteiger partial charge in [-0.2, -0.15) is 0 Å². The van der Waals surface area contributed by atoms with Crippen molar-refractivity contribution in [3.05, 3.63) is 70.0 Å². The van der Waals surface area contributed by atoms with E-state index in [4.69, 9.17) is 0 Å². The first-order valence-electron chi connectivity index (χ1n) is 9.79. The maximum Gasteiger partial charge on any atom is 0.224 e. The van der Waals surface area contributed by atoms with Crippen LogP contribution in [-0.2, 0) is 17.8 Å². The molecule has 0 aliphatic carbocycles. The fourth-order valence-electron chi connectivity index (χ4n) is 3.54. The fourth-order valence-corrected chi connectivity index (χ4v) is 4.16. The zero-order chi connectivity index (χ0) is 19.3. The molecular weight excluding hydrogens is 366 g/mol. The van der Waals surface area contributed by atoms with E-state index in [2.05, 4.69) is 44.8 Å². The number of carbonyl (C=O) groups is 1. The number of hydrogen-bond donors (Lipinski definition) is 1. The first kappa shape index (κ1) is 18.7. The molecule has 2 aromatic carbocycles. The fraction of sp³-hybridized carbons (Fsp3) is 0.304. The summed E-state index contributed by atoms with van der Waals surface area (Å²) in [5.74, 6) is 0.0425. The molecule has 0 saturated carbocycles. The quantitative estimate of drug-likeness (QED) is 0.669. The molecule has 0 radical (unpaired) electrons. The summed E-state index contributed by atoms with van der Waals surface area (Å²) in [5.41, 5.74) is 5.51. The Kier molecular flexibility index (Phi) is 5.72. The topological polar surface area (TPSA) is 45.2 Å². The molecule has 0 bridgehead atoms. The predicted octanol–water partition coefficient (Wildman–Crippen LogP) is 4.58. The van der Waals surface area contributed by atoms with Crippen molar-refractivity contribution in [1.82, 2.24) is 10.3 Å². The monoisotopic (exact) mass is 391 g/mol. The number of amides is 1. The highest BCUT2D eigenvalue weighted by molar-refractivity contribution is 7.09. The molecule has 0 spiro atoms. The summed E-state index contributed by atoms with van der Waals surface area (Å²) in [5, 5.41) is 6.15. The number of benzene rings is 2. The third-order valence-electron chi connectivity index (χ3n) is 5.13. The summed E-state index contributed by atoms with van der Waals surface area (Å²) in [6.07, 6.45) is 2.95. The van der Waals surface area contributed by atoms with Crippen molar-refractivity contribution in [3.8, 4) is 11.3 Å². The number of anilines is 1. The molecule has 4 rings (SSSR count). The van der Waals surface area contributed by atoms with Crippen LogP contribution in [0.3, 0.4) is 0 Å². The molecule has 144 valence electrons. The lowest BCUT2D eigenvalue weighted by molar-refractivity contribution is -0.120. The smallest absolute Gasteiger partial charge is 0.224 e. The molecule has 1 N–H and O–H groups in total. The van der Waals surface area contributed by atoms with E-state index in [0.717, 1.165) is 40.5 Å². The summed E-state index contributed by atoms with van der Waals surface area (Å²) in [4.78, 5) is 19.2. The Hall–Kier alpha value is -2.66. The van der Waals surface area contributed by atoms with Crippen molar-refractivity contribution in [1.29, 1.82) is 0 Å². The molecule has 28 heavy (non-hydrogen) atoms. The zero-order valence-corrected chi connectivity index (χ0v) is 17.0. The van der Waals surface area contributed by atoms with Gasteiger partial charge in [0.15, 0.2) is 0 Å². The van der Waals surface area contributed by atoms with Gasteiger partial charge < -0.3 is 10.2 Å². The molecule has 0 atom stereocenters. The summed E-state index contributed by atoms with van der Waals surface area (Å²) >= 11 is 1.65. The summed E-state index contributed by atoms with van der Waals surface area (Å²) in [6, 6.07) is 16.6. The summed E-state index contributed by atoms with van der Waals surface area (Å²) in [6.45, 7) is 4.87. The van der Waals surface area contributed by atoms with Crippen molar-refractivity contribution in [2.24, 2.45) is 0 Å². The molecule has 1 aromatic heterocycles. The third kappa shape index (κ3) is 4.60. The maximum absolute atomic E-state index is 12.3. The van der Waals surface area contributed by atoms with Gasteiger partial charge in [0.25, 0.3) is 0 Å². The number of thiazole rings is 1. The maximum atomic E-state index is 12.3. The highest BCUT2D eigenvalue weighted by Crippen LogP contribution is 2.22. The Labute approximate surface area is 170 Å². The van der Waals surface area contributed by atoms with E-state index in [1.807, 2.05) is 31.2 Å². The predicted molar refractivity (Wildman–Crippen MR) is 116 cm³/mol. The normalized spacial score (nSPS) is 13.7. The third-order valence-corrected chi connectivity index (χ3v) is 5.90. The SMILES string of the molecule is Cc1nc(-c2ccc(CC(=O)NCc3ccc(N4CCCC4)cc3)cc2)cs1. The van der Waals surface area contributed by atoms with Crippen molar-refractivity contribution >= 4 is 22.9 Å². The largest absolute Gasteiger partial charge is 0.372 e. The molecule has 5 heteroatoms. The molecule has 1 amide bonds. The van der Waals surface area contributed by atoms with Gasteiger partial charge in [0.05, 0.1) is 17.1 Å². The Morgan fingerprint density at radius 2 is 1.71 bits per heavy atom.